The predicted molar refractivity (Wildman–Crippen MR) is 115 cm³/mol. The van der Waals surface area contributed by atoms with E-state index in [-0.39, 0.29) is 15.9 Å². The molecule has 158 valence electrons. The van der Waals surface area contributed by atoms with Crippen LogP contribution in [0.25, 0.3) is 0 Å². The third-order valence-corrected chi connectivity index (χ3v) is 7.04. The molecule has 0 unspecified atom stereocenters. The summed E-state index contributed by atoms with van der Waals surface area (Å²) in [5, 5.41) is 0.504. The molecule has 1 aliphatic rings. The van der Waals surface area contributed by atoms with Crippen LogP contribution in [0.1, 0.15) is 12.8 Å². The van der Waals surface area contributed by atoms with Gasteiger partial charge in [-0.2, -0.15) is 4.37 Å². The Balaban J connectivity index is 1.65. The van der Waals surface area contributed by atoms with Crippen molar-refractivity contribution in [3.63, 3.8) is 0 Å². The highest BCUT2D eigenvalue weighted by molar-refractivity contribution is 7.93. The van der Waals surface area contributed by atoms with Gasteiger partial charge in [-0.05, 0) is 37.1 Å². The molecule has 0 bridgehead atoms. The maximum absolute atomic E-state index is 14.7. The normalized spacial score (nSPS) is 14.2. The van der Waals surface area contributed by atoms with E-state index < -0.39 is 20.7 Å². The van der Waals surface area contributed by atoms with Crippen LogP contribution in [0.5, 0.6) is 11.5 Å². The van der Waals surface area contributed by atoms with E-state index in [9.17, 15) is 12.8 Å². The van der Waals surface area contributed by atoms with Crippen LogP contribution < -0.4 is 14.4 Å². The molecule has 2 aromatic carbocycles. The molecule has 4 rings (SSSR count). The summed E-state index contributed by atoms with van der Waals surface area (Å²) >= 11 is 13.2. The van der Waals surface area contributed by atoms with Gasteiger partial charge in [0.2, 0.25) is 5.13 Å². The lowest BCUT2D eigenvalue weighted by Gasteiger charge is -2.22. The fourth-order valence-electron chi connectivity index (χ4n) is 3.08. The molecule has 1 aromatic heterocycles. The molecule has 7 nitrogen and oxygen atoms in total. The molecular formula is C18H15Cl2FN4O3S2. The number of hydrogen-bond acceptors (Lipinski definition) is 7. The zero-order valence-corrected chi connectivity index (χ0v) is 18.5. The van der Waals surface area contributed by atoms with Gasteiger partial charge < -0.3 is 9.64 Å². The zero-order valence-electron chi connectivity index (χ0n) is 15.3. The standard InChI is InChI=1S/C18H15Cl2FN4O3S2/c19-11-3-4-15(14(7-11)25-5-1-2-6-25)28-16-9-13(21)17(8-12(16)20)30(26,27)24-18-22-10-23-29-18/h3-4,7-10H,1-2,5-6H2,(H,22,23,24). The molecular weight excluding hydrogens is 474 g/mol. The Morgan fingerprint density at radius 2 is 1.90 bits per heavy atom. The van der Waals surface area contributed by atoms with E-state index in [1.807, 2.05) is 0 Å². The van der Waals surface area contributed by atoms with Crippen molar-refractivity contribution < 1.29 is 17.5 Å². The lowest BCUT2D eigenvalue weighted by atomic mass is 10.2. The van der Waals surface area contributed by atoms with Gasteiger partial charge in [0.25, 0.3) is 10.0 Å². The molecule has 0 saturated carbocycles. The zero-order chi connectivity index (χ0) is 21.3. The molecule has 1 fully saturated rings. The summed E-state index contributed by atoms with van der Waals surface area (Å²) in [6, 6.07) is 7.05. The van der Waals surface area contributed by atoms with Gasteiger partial charge >= 0.3 is 0 Å². The molecule has 0 atom stereocenters. The minimum atomic E-state index is -4.24. The first-order chi connectivity index (χ1) is 14.3. The molecule has 30 heavy (non-hydrogen) atoms. The van der Waals surface area contributed by atoms with E-state index >= 15 is 0 Å². The number of nitrogens with one attached hydrogen (secondary N) is 1. The number of nitrogens with zero attached hydrogens (tertiary/aromatic N) is 3. The monoisotopic (exact) mass is 488 g/mol. The van der Waals surface area contributed by atoms with Crippen LogP contribution in [0.4, 0.5) is 15.2 Å². The number of halogens is 3. The van der Waals surface area contributed by atoms with Crippen molar-refractivity contribution in [1.82, 2.24) is 9.36 Å². The van der Waals surface area contributed by atoms with Crippen molar-refractivity contribution >= 4 is 55.6 Å². The maximum atomic E-state index is 14.7. The summed E-state index contributed by atoms with van der Waals surface area (Å²) in [7, 11) is -4.24. The van der Waals surface area contributed by atoms with E-state index in [0.717, 1.165) is 55.3 Å². The Morgan fingerprint density at radius 3 is 2.60 bits per heavy atom. The molecule has 0 spiro atoms. The average molecular weight is 489 g/mol. The fraction of sp³-hybridized carbons (Fsp3) is 0.222. The van der Waals surface area contributed by atoms with Crippen molar-refractivity contribution in [2.75, 3.05) is 22.7 Å². The van der Waals surface area contributed by atoms with Crippen LogP contribution in [0, 0.1) is 5.82 Å². The molecule has 2 heterocycles. The third kappa shape index (κ3) is 4.46. The van der Waals surface area contributed by atoms with Crippen molar-refractivity contribution in [2.24, 2.45) is 0 Å². The SMILES string of the molecule is O=S(=O)(Nc1ncns1)c1cc(Cl)c(Oc2ccc(Cl)cc2N2CCCC2)cc1F. The summed E-state index contributed by atoms with van der Waals surface area (Å²) in [5.41, 5.74) is 0.770. The number of anilines is 2. The van der Waals surface area contributed by atoms with Gasteiger partial charge in [-0.25, -0.2) is 17.8 Å². The molecule has 0 amide bonds. The number of ether oxygens (including phenoxy) is 1. The smallest absolute Gasteiger partial charge is 0.266 e. The molecule has 1 N–H and O–H groups in total. The van der Waals surface area contributed by atoms with Crippen LogP contribution >= 0.6 is 34.7 Å². The second-order valence-electron chi connectivity index (χ2n) is 6.47. The molecule has 1 aliphatic heterocycles. The second kappa shape index (κ2) is 8.54. The number of benzene rings is 2. The maximum Gasteiger partial charge on any atom is 0.266 e. The Morgan fingerprint density at radius 1 is 1.13 bits per heavy atom. The number of hydrogen-bond donors (Lipinski definition) is 1. The molecule has 0 aliphatic carbocycles. The second-order valence-corrected chi connectivity index (χ2v) is 9.75. The van der Waals surface area contributed by atoms with E-state index in [1.165, 1.54) is 6.33 Å². The van der Waals surface area contributed by atoms with Crippen LogP contribution in [0.2, 0.25) is 10.0 Å². The summed E-state index contributed by atoms with van der Waals surface area (Å²) in [5.74, 6) is -0.569. The first-order valence-electron chi connectivity index (χ1n) is 8.84. The van der Waals surface area contributed by atoms with Gasteiger partial charge in [-0.3, -0.25) is 4.72 Å². The predicted octanol–water partition coefficient (Wildman–Crippen LogP) is 5.18. The van der Waals surface area contributed by atoms with Crippen molar-refractivity contribution in [2.45, 2.75) is 17.7 Å². The van der Waals surface area contributed by atoms with Crippen molar-refractivity contribution in [3.8, 4) is 11.5 Å². The number of rotatable bonds is 6. The summed E-state index contributed by atoms with van der Waals surface area (Å²) < 4.78 is 51.4. The highest BCUT2D eigenvalue weighted by atomic mass is 35.5. The lowest BCUT2D eigenvalue weighted by Crippen LogP contribution is -2.18. The highest BCUT2D eigenvalue weighted by Crippen LogP contribution is 2.39. The number of aromatic nitrogens is 2. The summed E-state index contributed by atoms with van der Waals surface area (Å²) in [4.78, 5) is 5.23. The lowest BCUT2D eigenvalue weighted by molar-refractivity contribution is 0.473. The molecule has 3 aromatic rings. The van der Waals surface area contributed by atoms with Crippen LogP contribution in [0.15, 0.2) is 41.6 Å². The quantitative estimate of drug-likeness (QED) is 0.514. The van der Waals surface area contributed by atoms with E-state index in [4.69, 9.17) is 27.9 Å². The Hall–Kier alpha value is -2.14. The highest BCUT2D eigenvalue weighted by Gasteiger charge is 2.24. The minimum absolute atomic E-state index is 0.00759. The van der Waals surface area contributed by atoms with Crippen molar-refractivity contribution in [1.29, 1.82) is 0 Å². The Bertz CT molecular complexity index is 1170. The largest absolute Gasteiger partial charge is 0.454 e. The van der Waals surface area contributed by atoms with E-state index in [0.29, 0.717) is 10.8 Å². The van der Waals surface area contributed by atoms with Gasteiger partial charge in [-0.1, -0.05) is 23.2 Å². The van der Waals surface area contributed by atoms with Gasteiger partial charge in [0.05, 0.1) is 10.7 Å². The Kier molecular flexibility index (Phi) is 6.01. The molecule has 1 saturated heterocycles. The van der Waals surface area contributed by atoms with E-state index in [1.54, 1.807) is 18.2 Å². The third-order valence-electron chi connectivity index (χ3n) is 4.45. The summed E-state index contributed by atoms with van der Waals surface area (Å²) in [6.45, 7) is 1.71. The van der Waals surface area contributed by atoms with Gasteiger partial charge in [0.1, 0.15) is 22.8 Å². The van der Waals surface area contributed by atoms with Gasteiger partial charge in [0, 0.05) is 35.7 Å². The first-order valence-corrected chi connectivity index (χ1v) is 11.9. The van der Waals surface area contributed by atoms with Crippen LogP contribution in [0.3, 0.4) is 0 Å². The fourth-order valence-corrected chi connectivity index (χ4v) is 5.26. The minimum Gasteiger partial charge on any atom is -0.454 e. The van der Waals surface area contributed by atoms with Crippen LogP contribution in [-0.4, -0.2) is 30.9 Å². The molecule has 12 heteroatoms. The Labute approximate surface area is 186 Å². The van der Waals surface area contributed by atoms with Gasteiger partial charge in [-0.15, -0.1) is 0 Å². The van der Waals surface area contributed by atoms with E-state index in [2.05, 4.69) is 19.0 Å². The number of sulfonamides is 1. The summed E-state index contributed by atoms with van der Waals surface area (Å²) in [6.07, 6.45) is 3.29. The van der Waals surface area contributed by atoms with Crippen LogP contribution in [-0.2, 0) is 10.0 Å². The first kappa shape index (κ1) is 21.1. The topological polar surface area (TPSA) is 84.4 Å². The average Bonchev–Trinajstić information content (AvgIpc) is 3.39. The molecule has 0 radical (unpaired) electrons. The van der Waals surface area contributed by atoms with Crippen molar-refractivity contribution in [3.05, 3.63) is 52.5 Å². The van der Waals surface area contributed by atoms with Gasteiger partial charge in [0.15, 0.2) is 5.75 Å².